The number of halogens is 1. The van der Waals surface area contributed by atoms with Crippen molar-refractivity contribution in [2.45, 2.75) is 146 Å². The number of rotatable bonds is 19. The molecule has 0 N–H and O–H groups in total. The molecule has 0 aromatic heterocycles. The minimum Gasteiger partial charge on any atom is -0.376 e. The molecule has 0 saturated carbocycles. The molecule has 6 heterocycles. The van der Waals surface area contributed by atoms with Gasteiger partial charge in [0.05, 0.1) is 72.7 Å². The minimum absolute atomic E-state index is 0.245. The minimum atomic E-state index is -0.810. The summed E-state index contributed by atoms with van der Waals surface area (Å²) in [6.45, 7) is 22.1. The van der Waals surface area contributed by atoms with Gasteiger partial charge in [0.15, 0.2) is 35.7 Å². The van der Waals surface area contributed by atoms with Crippen LogP contribution in [0.1, 0.15) is 55.4 Å². The Hall–Kier alpha value is -0.610. The molecule has 6 rings (SSSR count). The van der Waals surface area contributed by atoms with Crippen LogP contribution in [-0.4, -0.2) is 169 Å². The first-order valence-electron chi connectivity index (χ1n) is 19.0. The number of alkyl halides is 1. The summed E-state index contributed by atoms with van der Waals surface area (Å²) < 4.78 is 97.3. The molecule has 6 fully saturated rings. The van der Waals surface area contributed by atoms with Crippen molar-refractivity contribution in [1.82, 2.24) is 0 Å². The summed E-state index contributed by atoms with van der Waals surface area (Å²) >= 11 is 5.81. The van der Waals surface area contributed by atoms with Crippen molar-refractivity contribution in [3.8, 4) is 0 Å². The van der Waals surface area contributed by atoms with Crippen LogP contribution in [0.4, 0.5) is 0 Å². The summed E-state index contributed by atoms with van der Waals surface area (Å²) in [7, 11) is 0. The molecule has 6 aliphatic rings. The smallest absolute Gasteiger partial charge is 0.187 e. The second kappa shape index (κ2) is 18.1. The largest absolute Gasteiger partial charge is 0.376 e. The third-order valence-corrected chi connectivity index (χ3v) is 9.97. The van der Waals surface area contributed by atoms with Gasteiger partial charge in [-0.15, -0.1) is 11.6 Å². The van der Waals surface area contributed by atoms with E-state index in [2.05, 4.69) is 6.58 Å². The van der Waals surface area contributed by atoms with E-state index in [0.717, 1.165) is 5.57 Å². The van der Waals surface area contributed by atoms with E-state index >= 15 is 0 Å². The van der Waals surface area contributed by atoms with Gasteiger partial charge in [0.25, 0.3) is 0 Å². The van der Waals surface area contributed by atoms with Crippen molar-refractivity contribution in [1.29, 1.82) is 0 Å². The normalized spacial score (nSPS) is 37.9. The maximum atomic E-state index is 6.25. The fourth-order valence-electron chi connectivity index (χ4n) is 7.30. The van der Waals surface area contributed by atoms with Gasteiger partial charge < -0.3 is 75.8 Å². The molecular weight excluding hydrogens is 736 g/mol. The van der Waals surface area contributed by atoms with E-state index in [1.54, 1.807) is 0 Å². The number of hydrogen-bond acceptors (Lipinski definition) is 16. The SMILES string of the molecule is C=C(CCl)COCCOC(COCCO[C@H]1O[C@@H]2COC(C)(C)O[C@H]2[C@@H]2OC(C)(C)O[C@H]12)COCCO[C@H]1O[C@@H]2COC(C)(C)O[C@H]2[C@@H]2OC(C)(C)O[C@H]12. The predicted molar refractivity (Wildman–Crippen MR) is 189 cm³/mol. The van der Waals surface area contributed by atoms with Gasteiger partial charge in [-0.1, -0.05) is 6.58 Å². The van der Waals surface area contributed by atoms with Crippen LogP contribution in [0.3, 0.4) is 0 Å². The van der Waals surface area contributed by atoms with E-state index in [0.29, 0.717) is 38.9 Å². The quantitative estimate of drug-likeness (QED) is 0.107. The third kappa shape index (κ3) is 11.3. The monoisotopic (exact) mass is 796 g/mol. The molecule has 6 aliphatic heterocycles. The molecule has 16 nitrogen and oxygen atoms in total. The van der Waals surface area contributed by atoms with Gasteiger partial charge in [-0.3, -0.25) is 0 Å². The summed E-state index contributed by atoms with van der Waals surface area (Å²) in [6, 6.07) is 0. The van der Waals surface area contributed by atoms with E-state index in [4.69, 9.17) is 87.4 Å². The molecule has 0 amide bonds. The lowest BCUT2D eigenvalue weighted by atomic mass is 9.97. The highest BCUT2D eigenvalue weighted by atomic mass is 35.5. The highest BCUT2D eigenvalue weighted by Gasteiger charge is 2.60. The number of fused-ring (bicyclic) bond motifs is 6. The van der Waals surface area contributed by atoms with Gasteiger partial charge >= 0.3 is 0 Å². The Balaban J connectivity index is 0.942. The van der Waals surface area contributed by atoms with E-state index in [1.165, 1.54) is 0 Å². The average molecular weight is 797 g/mol. The zero-order valence-corrected chi connectivity index (χ0v) is 33.7. The van der Waals surface area contributed by atoms with E-state index < -0.39 is 54.0 Å². The molecule has 0 aliphatic carbocycles. The first kappa shape index (κ1) is 43.0. The molecule has 0 aromatic rings. The third-order valence-electron chi connectivity index (χ3n) is 9.60. The molecule has 0 unspecified atom stereocenters. The highest BCUT2D eigenvalue weighted by molar-refractivity contribution is 6.19. The summed E-state index contributed by atoms with van der Waals surface area (Å²) in [5, 5.41) is 0. The van der Waals surface area contributed by atoms with Crippen LogP contribution < -0.4 is 0 Å². The highest BCUT2D eigenvalue weighted by Crippen LogP contribution is 2.43. The fraction of sp³-hybridized carbons (Fsp3) is 0.946. The Morgan fingerprint density at radius 3 is 1.46 bits per heavy atom. The Kier molecular flexibility index (Phi) is 14.4. The maximum Gasteiger partial charge on any atom is 0.187 e. The van der Waals surface area contributed by atoms with Crippen molar-refractivity contribution < 1.29 is 75.8 Å². The molecule has 6 saturated heterocycles. The van der Waals surface area contributed by atoms with E-state index in [1.807, 2.05) is 55.4 Å². The molecule has 0 bridgehead atoms. The molecule has 54 heavy (non-hydrogen) atoms. The summed E-state index contributed by atoms with van der Waals surface area (Å²) in [6.07, 6.45) is -4.85. The van der Waals surface area contributed by atoms with Gasteiger partial charge in [-0.25, -0.2) is 0 Å². The fourth-order valence-corrected chi connectivity index (χ4v) is 7.38. The van der Waals surface area contributed by atoms with Crippen molar-refractivity contribution in [2.24, 2.45) is 0 Å². The standard InChI is InChI=1S/C37H61ClO16/c1-22(16-38)17-39-10-13-42-23(18-40-11-14-43-32-30-28(51-36(6,7)53-30)26-24(47-32)20-45-34(2,3)49-26)19-41-12-15-44-33-31-29(52-37(8,9)54-31)27-25(48-33)21-46-35(4,5)50-27/h23-33H,1,10-21H2,2-9H3/t24-,25-,26-,27-,28+,29+,30+,31+,32+,33+/m1/s1. The van der Waals surface area contributed by atoms with Crippen LogP contribution in [0.5, 0.6) is 0 Å². The van der Waals surface area contributed by atoms with Crippen molar-refractivity contribution in [3.05, 3.63) is 12.2 Å². The van der Waals surface area contributed by atoms with Gasteiger partial charge in [-0.05, 0) is 61.0 Å². The van der Waals surface area contributed by atoms with Gasteiger partial charge in [0, 0.05) is 5.88 Å². The van der Waals surface area contributed by atoms with Crippen LogP contribution >= 0.6 is 11.6 Å². The lowest BCUT2D eigenvalue weighted by Gasteiger charge is -2.48. The Morgan fingerprint density at radius 2 is 1.00 bits per heavy atom. The van der Waals surface area contributed by atoms with Crippen LogP contribution in [-0.2, 0) is 75.8 Å². The lowest BCUT2D eigenvalue weighted by molar-refractivity contribution is -0.370. The summed E-state index contributed by atoms with van der Waals surface area (Å²) in [5.74, 6) is -2.78. The molecule has 0 spiro atoms. The maximum absolute atomic E-state index is 6.25. The van der Waals surface area contributed by atoms with Crippen LogP contribution in [0.25, 0.3) is 0 Å². The van der Waals surface area contributed by atoms with Crippen molar-refractivity contribution in [3.63, 3.8) is 0 Å². The first-order valence-corrected chi connectivity index (χ1v) is 19.5. The van der Waals surface area contributed by atoms with Gasteiger partial charge in [-0.2, -0.15) is 0 Å². The lowest BCUT2D eigenvalue weighted by Crippen LogP contribution is -2.64. The van der Waals surface area contributed by atoms with Crippen molar-refractivity contribution in [2.75, 3.05) is 78.6 Å². The Bertz CT molecular complexity index is 1140. The van der Waals surface area contributed by atoms with Crippen molar-refractivity contribution >= 4 is 11.6 Å². The first-order chi connectivity index (χ1) is 25.5. The number of ether oxygens (including phenoxy) is 16. The Labute approximate surface area is 323 Å². The van der Waals surface area contributed by atoms with Crippen LogP contribution in [0.15, 0.2) is 12.2 Å². The second-order valence-corrected chi connectivity index (χ2v) is 16.4. The predicted octanol–water partition coefficient (Wildman–Crippen LogP) is 3.04. The topological polar surface area (TPSA) is 148 Å². The van der Waals surface area contributed by atoms with E-state index in [9.17, 15) is 0 Å². The van der Waals surface area contributed by atoms with E-state index in [-0.39, 0.29) is 76.3 Å². The second-order valence-electron chi connectivity index (χ2n) is 16.1. The van der Waals surface area contributed by atoms with Crippen LogP contribution in [0.2, 0.25) is 0 Å². The molecule has 17 heteroatoms. The zero-order chi connectivity index (χ0) is 38.7. The molecule has 0 radical (unpaired) electrons. The van der Waals surface area contributed by atoms with Gasteiger partial charge in [0.2, 0.25) is 0 Å². The zero-order valence-electron chi connectivity index (χ0n) is 33.0. The van der Waals surface area contributed by atoms with Crippen LogP contribution in [0, 0.1) is 0 Å². The molecule has 312 valence electrons. The molecular formula is C37H61ClO16. The Morgan fingerprint density at radius 1 is 0.574 bits per heavy atom. The molecule has 0 aromatic carbocycles. The summed E-state index contributed by atoms with van der Waals surface area (Å²) in [5.41, 5.74) is 0.795. The average Bonchev–Trinajstić information content (AvgIpc) is 3.62. The van der Waals surface area contributed by atoms with Gasteiger partial charge in [0.1, 0.15) is 54.9 Å². The molecule has 10 atom stereocenters. The number of hydrogen-bond donors (Lipinski definition) is 0. The summed E-state index contributed by atoms with van der Waals surface area (Å²) in [4.78, 5) is 0.